The first-order valence-electron chi connectivity index (χ1n) is 12.7. The van der Waals surface area contributed by atoms with Gasteiger partial charge in [0, 0.05) is 30.2 Å². The number of esters is 1. The molecule has 4 rings (SSSR count). The molecule has 1 aliphatic rings. The zero-order valence-corrected chi connectivity index (χ0v) is 22.1. The highest BCUT2D eigenvalue weighted by Gasteiger charge is 2.30. The van der Waals surface area contributed by atoms with E-state index < -0.39 is 42.2 Å². The van der Waals surface area contributed by atoms with E-state index in [1.165, 1.54) is 43.3 Å². The van der Waals surface area contributed by atoms with Gasteiger partial charge in [-0.2, -0.15) is 13.2 Å². The van der Waals surface area contributed by atoms with Crippen molar-refractivity contribution < 1.29 is 41.8 Å². The van der Waals surface area contributed by atoms with Crippen molar-refractivity contribution in [3.05, 3.63) is 83.9 Å². The Morgan fingerprint density at radius 2 is 1.61 bits per heavy atom. The van der Waals surface area contributed by atoms with Crippen LogP contribution in [0.3, 0.4) is 0 Å². The molecule has 2 amide bonds. The van der Waals surface area contributed by atoms with Gasteiger partial charge in [0.1, 0.15) is 5.75 Å². The molecule has 1 atom stereocenters. The Balaban J connectivity index is 1.22. The van der Waals surface area contributed by atoms with Crippen LogP contribution in [-0.2, 0) is 25.2 Å². The van der Waals surface area contributed by atoms with Crippen molar-refractivity contribution in [3.63, 3.8) is 0 Å². The van der Waals surface area contributed by atoms with Gasteiger partial charge in [-0.15, -0.1) is 0 Å². The standard InChI is InChI=1S/C29H28F3N3O6/c1-19(27(37)34-22-7-9-24(10-8-22)35-13-15-39-16-14-35)41-28(38)20-5-11-25(12-6-20)40-18-26(36)33-23-4-2-3-21(17-23)29(30,31)32/h2-12,17,19H,13-16,18H2,1H3,(H,33,36)(H,34,37). The monoisotopic (exact) mass is 571 g/mol. The number of anilines is 3. The molecule has 0 bridgehead atoms. The lowest BCUT2D eigenvalue weighted by atomic mass is 10.2. The van der Waals surface area contributed by atoms with E-state index in [1.807, 2.05) is 12.1 Å². The molecule has 216 valence electrons. The highest BCUT2D eigenvalue weighted by molar-refractivity contribution is 5.97. The van der Waals surface area contributed by atoms with E-state index in [9.17, 15) is 27.6 Å². The summed E-state index contributed by atoms with van der Waals surface area (Å²) in [5.74, 6) is -1.65. The van der Waals surface area contributed by atoms with Gasteiger partial charge in [0.05, 0.1) is 24.3 Å². The highest BCUT2D eigenvalue weighted by Crippen LogP contribution is 2.30. The lowest BCUT2D eigenvalue weighted by Crippen LogP contribution is -2.36. The second-order valence-electron chi connectivity index (χ2n) is 9.12. The molecule has 0 aromatic heterocycles. The zero-order valence-electron chi connectivity index (χ0n) is 22.1. The quantitative estimate of drug-likeness (QED) is 0.358. The number of nitrogens with one attached hydrogen (secondary N) is 2. The minimum Gasteiger partial charge on any atom is -0.484 e. The summed E-state index contributed by atoms with van der Waals surface area (Å²) < 4.78 is 54.5. The number of morpholine rings is 1. The van der Waals surface area contributed by atoms with Crippen LogP contribution < -0.4 is 20.3 Å². The van der Waals surface area contributed by atoms with Crippen molar-refractivity contribution in [2.75, 3.05) is 48.4 Å². The van der Waals surface area contributed by atoms with E-state index >= 15 is 0 Å². The smallest absolute Gasteiger partial charge is 0.416 e. The molecule has 0 radical (unpaired) electrons. The van der Waals surface area contributed by atoms with Gasteiger partial charge in [-0.05, 0) is 73.7 Å². The number of hydrogen-bond acceptors (Lipinski definition) is 7. The van der Waals surface area contributed by atoms with Crippen molar-refractivity contribution in [1.82, 2.24) is 0 Å². The normalized spacial score (nSPS) is 14.1. The molecule has 41 heavy (non-hydrogen) atoms. The minimum atomic E-state index is -4.53. The van der Waals surface area contributed by atoms with Crippen LogP contribution in [0.5, 0.6) is 5.75 Å². The fourth-order valence-corrected chi connectivity index (χ4v) is 3.91. The van der Waals surface area contributed by atoms with Crippen molar-refractivity contribution in [3.8, 4) is 5.75 Å². The Bertz CT molecular complexity index is 1360. The number of carbonyl (C=O) groups excluding carboxylic acids is 3. The summed E-state index contributed by atoms with van der Waals surface area (Å²) in [5.41, 5.74) is 0.835. The lowest BCUT2D eigenvalue weighted by Gasteiger charge is -2.28. The number of amides is 2. The Morgan fingerprint density at radius 3 is 2.27 bits per heavy atom. The van der Waals surface area contributed by atoms with E-state index in [-0.39, 0.29) is 17.0 Å². The van der Waals surface area contributed by atoms with E-state index in [0.29, 0.717) is 18.9 Å². The van der Waals surface area contributed by atoms with Crippen LogP contribution in [0.2, 0.25) is 0 Å². The number of benzene rings is 3. The van der Waals surface area contributed by atoms with E-state index in [1.54, 1.807) is 12.1 Å². The molecule has 2 N–H and O–H groups in total. The topological polar surface area (TPSA) is 106 Å². The Morgan fingerprint density at radius 1 is 0.927 bits per heavy atom. The van der Waals surface area contributed by atoms with Crippen LogP contribution >= 0.6 is 0 Å². The summed E-state index contributed by atoms with van der Waals surface area (Å²) in [5, 5.41) is 5.06. The molecule has 1 heterocycles. The fourth-order valence-electron chi connectivity index (χ4n) is 3.91. The van der Waals surface area contributed by atoms with Crippen LogP contribution in [0.25, 0.3) is 0 Å². The largest absolute Gasteiger partial charge is 0.484 e. The summed E-state index contributed by atoms with van der Waals surface area (Å²) >= 11 is 0. The number of carbonyl (C=O) groups is 3. The van der Waals surface area contributed by atoms with E-state index in [0.717, 1.165) is 30.9 Å². The van der Waals surface area contributed by atoms with Gasteiger partial charge < -0.3 is 29.7 Å². The first-order valence-corrected chi connectivity index (χ1v) is 12.7. The molecule has 1 saturated heterocycles. The second-order valence-corrected chi connectivity index (χ2v) is 9.12. The molecule has 1 aliphatic heterocycles. The molecule has 12 heteroatoms. The minimum absolute atomic E-state index is 0.0188. The number of ether oxygens (including phenoxy) is 3. The average Bonchev–Trinajstić information content (AvgIpc) is 2.97. The third-order valence-corrected chi connectivity index (χ3v) is 6.10. The molecule has 3 aromatic carbocycles. The molecule has 0 aliphatic carbocycles. The predicted molar refractivity (Wildman–Crippen MR) is 145 cm³/mol. The second kappa shape index (κ2) is 13.2. The molecule has 1 fully saturated rings. The van der Waals surface area contributed by atoms with Gasteiger partial charge in [0.25, 0.3) is 11.8 Å². The van der Waals surface area contributed by atoms with E-state index in [2.05, 4.69) is 15.5 Å². The maximum atomic E-state index is 12.8. The summed E-state index contributed by atoms with van der Waals surface area (Å²) in [6.45, 7) is 3.91. The van der Waals surface area contributed by atoms with Crippen molar-refractivity contribution in [1.29, 1.82) is 0 Å². The number of nitrogens with zero attached hydrogens (tertiary/aromatic N) is 1. The number of hydrogen-bond donors (Lipinski definition) is 2. The maximum absolute atomic E-state index is 12.8. The summed E-state index contributed by atoms with van der Waals surface area (Å²) in [6.07, 6.45) is -5.60. The Kier molecular flexibility index (Phi) is 9.45. The van der Waals surface area contributed by atoms with Gasteiger partial charge in [-0.25, -0.2) is 4.79 Å². The summed E-state index contributed by atoms with van der Waals surface area (Å²) in [6, 6.07) is 17.2. The summed E-state index contributed by atoms with van der Waals surface area (Å²) in [7, 11) is 0. The van der Waals surface area contributed by atoms with Crippen LogP contribution in [-0.4, -0.2) is 56.8 Å². The first kappa shape index (κ1) is 29.4. The molecular formula is C29H28F3N3O6. The maximum Gasteiger partial charge on any atom is 0.416 e. The first-order chi connectivity index (χ1) is 19.6. The van der Waals surface area contributed by atoms with Gasteiger partial charge in [-0.3, -0.25) is 9.59 Å². The van der Waals surface area contributed by atoms with Crippen molar-refractivity contribution >= 4 is 34.8 Å². The zero-order chi connectivity index (χ0) is 29.4. The molecule has 1 unspecified atom stereocenters. The van der Waals surface area contributed by atoms with Gasteiger partial charge in [-0.1, -0.05) is 6.07 Å². The fraction of sp³-hybridized carbons (Fsp3) is 0.276. The van der Waals surface area contributed by atoms with Crippen molar-refractivity contribution in [2.24, 2.45) is 0 Å². The summed E-state index contributed by atoms with van der Waals surface area (Å²) in [4.78, 5) is 39.3. The van der Waals surface area contributed by atoms with Crippen LogP contribution in [0.15, 0.2) is 72.8 Å². The third-order valence-electron chi connectivity index (χ3n) is 6.10. The van der Waals surface area contributed by atoms with Crippen LogP contribution in [0.1, 0.15) is 22.8 Å². The molecular weight excluding hydrogens is 543 g/mol. The molecule has 3 aromatic rings. The van der Waals surface area contributed by atoms with Crippen molar-refractivity contribution in [2.45, 2.75) is 19.2 Å². The van der Waals surface area contributed by atoms with Gasteiger partial charge in [0.15, 0.2) is 12.7 Å². The van der Waals surface area contributed by atoms with Gasteiger partial charge >= 0.3 is 12.1 Å². The number of alkyl halides is 3. The highest BCUT2D eigenvalue weighted by atomic mass is 19.4. The third kappa shape index (κ3) is 8.45. The predicted octanol–water partition coefficient (Wildman–Crippen LogP) is 4.74. The Labute approximate surface area is 234 Å². The van der Waals surface area contributed by atoms with E-state index in [4.69, 9.17) is 14.2 Å². The van der Waals surface area contributed by atoms with Crippen LogP contribution in [0.4, 0.5) is 30.2 Å². The molecule has 0 spiro atoms. The lowest BCUT2D eigenvalue weighted by molar-refractivity contribution is -0.137. The number of halogens is 3. The molecule has 9 nitrogen and oxygen atoms in total. The SMILES string of the molecule is CC(OC(=O)c1ccc(OCC(=O)Nc2cccc(C(F)(F)F)c2)cc1)C(=O)Nc1ccc(N2CCOCC2)cc1. The molecule has 0 saturated carbocycles. The van der Waals surface area contributed by atoms with Crippen LogP contribution in [0, 0.1) is 0 Å². The van der Waals surface area contributed by atoms with Gasteiger partial charge in [0.2, 0.25) is 0 Å². The Hall–Kier alpha value is -4.58. The number of rotatable bonds is 9. The average molecular weight is 572 g/mol.